The van der Waals surface area contributed by atoms with Crippen LogP contribution in [-0.4, -0.2) is 38.3 Å². The Morgan fingerprint density at radius 2 is 2.00 bits per heavy atom. The van der Waals surface area contributed by atoms with Crippen molar-refractivity contribution in [2.45, 2.75) is 25.9 Å². The molecule has 0 bridgehead atoms. The van der Waals surface area contributed by atoms with Gasteiger partial charge in [0.25, 0.3) is 0 Å². The van der Waals surface area contributed by atoms with Gasteiger partial charge in [-0.2, -0.15) is 23.4 Å². The van der Waals surface area contributed by atoms with Crippen molar-refractivity contribution in [1.29, 1.82) is 0 Å². The molecule has 0 radical (unpaired) electrons. The third-order valence-corrected chi connectivity index (χ3v) is 2.77. The van der Waals surface area contributed by atoms with Gasteiger partial charge in [0.1, 0.15) is 13.3 Å². The molecule has 2 aromatic rings. The number of anilines is 1. The van der Waals surface area contributed by atoms with Gasteiger partial charge in [-0.05, 0) is 0 Å². The van der Waals surface area contributed by atoms with Crippen LogP contribution in [0.4, 0.5) is 18.9 Å². The van der Waals surface area contributed by atoms with Crippen LogP contribution in [0.15, 0.2) is 24.8 Å². The summed E-state index contributed by atoms with van der Waals surface area (Å²) in [5.41, 5.74) is 0.365. The van der Waals surface area contributed by atoms with Crippen molar-refractivity contribution in [2.75, 3.05) is 11.9 Å². The lowest BCUT2D eigenvalue weighted by molar-refractivity contribution is -0.182. The van der Waals surface area contributed by atoms with E-state index in [-0.39, 0.29) is 19.1 Å². The zero-order chi connectivity index (χ0) is 16.9. The van der Waals surface area contributed by atoms with Gasteiger partial charge in [0, 0.05) is 19.2 Å². The first-order valence-electron chi connectivity index (χ1n) is 6.46. The van der Waals surface area contributed by atoms with Crippen molar-refractivity contribution in [2.24, 2.45) is 0 Å². The highest BCUT2D eigenvalue weighted by molar-refractivity contribution is 6.30. The molecule has 0 atom stereocenters. The van der Waals surface area contributed by atoms with E-state index in [1.165, 1.54) is 23.3 Å². The SMILES string of the molecule is O=C(CCn1cc(Cl)cn1)Nc1cnn(COCC(F)(F)F)c1. The van der Waals surface area contributed by atoms with Gasteiger partial charge in [-0.15, -0.1) is 0 Å². The summed E-state index contributed by atoms with van der Waals surface area (Å²) >= 11 is 5.70. The molecule has 0 unspecified atom stereocenters. The van der Waals surface area contributed by atoms with Crippen LogP contribution >= 0.6 is 11.6 Å². The van der Waals surface area contributed by atoms with Gasteiger partial charge >= 0.3 is 6.18 Å². The predicted octanol–water partition coefficient (Wildman–Crippen LogP) is 2.30. The van der Waals surface area contributed by atoms with Crippen LogP contribution in [-0.2, 0) is 22.8 Å². The van der Waals surface area contributed by atoms with Gasteiger partial charge in [0.05, 0.1) is 29.3 Å². The summed E-state index contributed by atoms with van der Waals surface area (Å²) in [6.07, 6.45) is 1.52. The summed E-state index contributed by atoms with van der Waals surface area (Å²) in [4.78, 5) is 11.7. The van der Waals surface area contributed by atoms with Gasteiger partial charge in [0.2, 0.25) is 5.91 Å². The summed E-state index contributed by atoms with van der Waals surface area (Å²) in [7, 11) is 0. The minimum absolute atomic E-state index is 0.160. The molecule has 23 heavy (non-hydrogen) atoms. The first-order chi connectivity index (χ1) is 10.8. The number of hydrogen-bond donors (Lipinski definition) is 1. The number of ether oxygens (including phenoxy) is 1. The zero-order valence-electron chi connectivity index (χ0n) is 11.8. The van der Waals surface area contributed by atoms with Crippen LogP contribution in [0.3, 0.4) is 0 Å². The number of alkyl halides is 3. The Labute approximate surface area is 134 Å². The number of aromatic nitrogens is 4. The Bertz CT molecular complexity index is 655. The average Bonchev–Trinajstić information content (AvgIpc) is 3.04. The number of aryl methyl sites for hydroxylation is 1. The van der Waals surface area contributed by atoms with E-state index in [4.69, 9.17) is 11.6 Å². The smallest absolute Gasteiger partial charge is 0.350 e. The standard InChI is InChI=1S/C12H13ClF3N5O2/c13-9-3-17-20(5-9)2-1-11(22)19-10-4-18-21(6-10)8-23-7-12(14,15)16/h3-6H,1-2,7-8H2,(H,19,22). The third-order valence-electron chi connectivity index (χ3n) is 2.58. The highest BCUT2D eigenvalue weighted by Gasteiger charge is 2.27. The van der Waals surface area contributed by atoms with E-state index < -0.39 is 12.8 Å². The molecule has 0 aromatic carbocycles. The van der Waals surface area contributed by atoms with Crippen molar-refractivity contribution in [3.63, 3.8) is 0 Å². The second kappa shape index (κ2) is 7.47. The molecule has 2 aromatic heterocycles. The molecule has 126 valence electrons. The van der Waals surface area contributed by atoms with Gasteiger partial charge in [-0.3, -0.25) is 9.48 Å². The maximum Gasteiger partial charge on any atom is 0.411 e. The zero-order valence-corrected chi connectivity index (χ0v) is 12.5. The van der Waals surface area contributed by atoms with Crippen molar-refractivity contribution in [3.05, 3.63) is 29.8 Å². The molecule has 2 heterocycles. The lowest BCUT2D eigenvalue weighted by Gasteiger charge is -2.07. The number of rotatable bonds is 7. The minimum Gasteiger partial charge on any atom is -0.350 e. The molecule has 11 heteroatoms. The van der Waals surface area contributed by atoms with E-state index in [2.05, 4.69) is 20.3 Å². The van der Waals surface area contributed by atoms with Crippen molar-refractivity contribution in [3.8, 4) is 0 Å². The quantitative estimate of drug-likeness (QED) is 0.830. The first-order valence-corrected chi connectivity index (χ1v) is 6.84. The Kier molecular flexibility index (Phi) is 5.61. The summed E-state index contributed by atoms with van der Waals surface area (Å²) in [5, 5.41) is 10.8. The number of halogens is 4. The van der Waals surface area contributed by atoms with Crippen molar-refractivity contribution < 1.29 is 22.7 Å². The van der Waals surface area contributed by atoms with E-state index in [0.29, 0.717) is 17.3 Å². The Morgan fingerprint density at radius 1 is 1.26 bits per heavy atom. The molecule has 1 amide bonds. The normalized spacial score (nSPS) is 11.7. The van der Waals surface area contributed by atoms with Crippen LogP contribution in [0.2, 0.25) is 5.02 Å². The fourth-order valence-corrected chi connectivity index (χ4v) is 1.81. The first kappa shape index (κ1) is 17.3. The number of carbonyl (C=O) groups excluding carboxylic acids is 1. The molecule has 0 saturated carbocycles. The maximum atomic E-state index is 11.9. The Hall–Kier alpha value is -2.07. The predicted molar refractivity (Wildman–Crippen MR) is 74.7 cm³/mol. The summed E-state index contributed by atoms with van der Waals surface area (Å²) in [5.74, 6) is -0.285. The number of carbonyl (C=O) groups is 1. The van der Waals surface area contributed by atoms with E-state index in [1.54, 1.807) is 6.20 Å². The fourth-order valence-electron chi connectivity index (χ4n) is 1.65. The van der Waals surface area contributed by atoms with Crippen LogP contribution in [0.5, 0.6) is 0 Å². The van der Waals surface area contributed by atoms with Gasteiger partial charge in [-0.25, -0.2) is 4.68 Å². The van der Waals surface area contributed by atoms with E-state index >= 15 is 0 Å². The lowest BCUT2D eigenvalue weighted by atomic mass is 10.4. The third kappa shape index (κ3) is 6.28. The summed E-state index contributed by atoms with van der Waals surface area (Å²) < 4.78 is 42.9. The highest BCUT2D eigenvalue weighted by atomic mass is 35.5. The maximum absolute atomic E-state index is 11.9. The number of hydrogen-bond acceptors (Lipinski definition) is 4. The number of nitrogens with one attached hydrogen (secondary N) is 1. The molecule has 0 fully saturated rings. The average molecular weight is 352 g/mol. The molecule has 0 aliphatic heterocycles. The molecule has 0 spiro atoms. The van der Waals surface area contributed by atoms with E-state index in [9.17, 15) is 18.0 Å². The molecule has 0 saturated heterocycles. The lowest BCUT2D eigenvalue weighted by Crippen LogP contribution is -2.18. The highest BCUT2D eigenvalue weighted by Crippen LogP contribution is 2.15. The summed E-state index contributed by atoms with van der Waals surface area (Å²) in [6.45, 7) is -1.37. The van der Waals surface area contributed by atoms with Crippen LogP contribution in [0, 0.1) is 0 Å². The molecule has 0 aliphatic rings. The topological polar surface area (TPSA) is 74.0 Å². The van der Waals surface area contributed by atoms with Crippen molar-refractivity contribution >= 4 is 23.2 Å². The Morgan fingerprint density at radius 3 is 2.65 bits per heavy atom. The molecule has 2 rings (SSSR count). The van der Waals surface area contributed by atoms with Gasteiger partial charge < -0.3 is 10.1 Å². The Balaban J connectivity index is 1.73. The van der Waals surface area contributed by atoms with E-state index in [1.807, 2.05) is 0 Å². The minimum atomic E-state index is -4.39. The monoisotopic (exact) mass is 351 g/mol. The molecule has 7 nitrogen and oxygen atoms in total. The number of amides is 1. The van der Waals surface area contributed by atoms with Crippen LogP contribution in [0.1, 0.15) is 6.42 Å². The molecule has 1 N–H and O–H groups in total. The summed E-state index contributed by atoms with van der Waals surface area (Å²) in [6, 6.07) is 0. The van der Waals surface area contributed by atoms with Gasteiger partial charge in [0.15, 0.2) is 0 Å². The molecular weight excluding hydrogens is 339 g/mol. The van der Waals surface area contributed by atoms with Crippen LogP contribution < -0.4 is 5.32 Å². The largest absolute Gasteiger partial charge is 0.411 e. The number of nitrogens with zero attached hydrogens (tertiary/aromatic N) is 4. The van der Waals surface area contributed by atoms with E-state index in [0.717, 1.165) is 4.68 Å². The van der Waals surface area contributed by atoms with Crippen LogP contribution in [0.25, 0.3) is 0 Å². The fraction of sp³-hybridized carbons (Fsp3) is 0.417. The second-order valence-electron chi connectivity index (χ2n) is 4.58. The van der Waals surface area contributed by atoms with Crippen molar-refractivity contribution in [1.82, 2.24) is 19.6 Å². The second-order valence-corrected chi connectivity index (χ2v) is 5.02. The molecular formula is C12H13ClF3N5O2. The molecule has 0 aliphatic carbocycles. The van der Waals surface area contributed by atoms with Gasteiger partial charge in [-0.1, -0.05) is 11.6 Å².